The van der Waals surface area contributed by atoms with Crippen LogP contribution in [-0.2, 0) is 15.7 Å². The van der Waals surface area contributed by atoms with Gasteiger partial charge < -0.3 is 14.4 Å². The minimum absolute atomic E-state index is 0.155. The monoisotopic (exact) mass is 409 g/mol. The maximum absolute atomic E-state index is 12.8. The molecule has 0 aliphatic carbocycles. The number of carbonyl (C=O) groups is 1. The van der Waals surface area contributed by atoms with Crippen LogP contribution < -0.4 is 9.46 Å². The molecular weight excluding hydrogens is 378 g/mol. The molecule has 3 heterocycles. The molecule has 2 aliphatic heterocycles. The molecule has 2 atom stereocenters. The third kappa shape index (κ3) is 4.49. The van der Waals surface area contributed by atoms with E-state index in [1.165, 1.54) is 0 Å². The van der Waals surface area contributed by atoms with Crippen molar-refractivity contribution in [2.75, 3.05) is 19.7 Å². The van der Waals surface area contributed by atoms with Crippen LogP contribution in [0.15, 0.2) is 12.1 Å². The second-order valence-electron chi connectivity index (χ2n) is 8.56. The SMILES string of the molecule is CCOC(=O)N1CCC2(CC1)C[C@H](N[S@@](=O)C(C)(C)C)c1nc(C)ccc1O2. The summed E-state index contributed by atoms with van der Waals surface area (Å²) < 4.78 is 27.2. The molecular formula is C20H31N3O4S. The summed E-state index contributed by atoms with van der Waals surface area (Å²) in [6, 6.07) is 3.73. The number of pyridine rings is 1. The normalized spacial score (nSPS) is 22.3. The first-order chi connectivity index (χ1) is 13.1. The van der Waals surface area contributed by atoms with Crippen LogP contribution in [0.3, 0.4) is 0 Å². The lowest BCUT2D eigenvalue weighted by Crippen LogP contribution is -2.53. The zero-order chi connectivity index (χ0) is 20.5. The topological polar surface area (TPSA) is 80.8 Å². The van der Waals surface area contributed by atoms with Crippen LogP contribution in [0.5, 0.6) is 5.75 Å². The zero-order valence-corrected chi connectivity index (χ0v) is 18.2. The Bertz CT molecular complexity index is 754. The fraction of sp³-hybridized carbons (Fsp3) is 0.700. The number of amides is 1. The standard InChI is InChI=1S/C20H31N3O4S/c1-6-26-18(24)23-11-9-20(10-12-23)13-15(22-28(25)19(3,4)5)17-16(27-20)8-7-14(2)21-17/h7-8,15,22H,6,9-13H2,1-5H3/t15-,28-/m0/s1. The highest BCUT2D eigenvalue weighted by atomic mass is 32.2. The quantitative estimate of drug-likeness (QED) is 0.829. The number of fused-ring (bicyclic) bond motifs is 1. The van der Waals surface area contributed by atoms with E-state index in [1.54, 1.807) is 4.90 Å². The molecule has 0 saturated carbocycles. The van der Waals surface area contributed by atoms with Crippen molar-refractivity contribution in [1.82, 2.24) is 14.6 Å². The Hall–Kier alpha value is -1.67. The molecule has 1 spiro atoms. The van der Waals surface area contributed by atoms with E-state index in [9.17, 15) is 9.00 Å². The third-order valence-corrected chi connectivity index (χ3v) is 6.87. The second-order valence-corrected chi connectivity index (χ2v) is 10.6. The number of rotatable bonds is 3. The maximum Gasteiger partial charge on any atom is 0.409 e. The fourth-order valence-electron chi connectivity index (χ4n) is 3.66. The average molecular weight is 410 g/mol. The summed E-state index contributed by atoms with van der Waals surface area (Å²) in [6.45, 7) is 11.2. The van der Waals surface area contributed by atoms with Crippen LogP contribution in [0.4, 0.5) is 4.79 Å². The van der Waals surface area contributed by atoms with Gasteiger partial charge >= 0.3 is 6.09 Å². The first-order valence-electron chi connectivity index (χ1n) is 9.90. The molecule has 1 saturated heterocycles. The van der Waals surface area contributed by atoms with Crippen LogP contribution in [-0.4, -0.2) is 50.2 Å². The van der Waals surface area contributed by atoms with Gasteiger partial charge in [0.15, 0.2) is 0 Å². The number of piperidine rings is 1. The molecule has 7 nitrogen and oxygen atoms in total. The van der Waals surface area contributed by atoms with Crippen molar-refractivity contribution in [3.63, 3.8) is 0 Å². The number of nitrogens with zero attached hydrogens (tertiary/aromatic N) is 2. The van der Waals surface area contributed by atoms with E-state index in [-0.39, 0.29) is 16.9 Å². The molecule has 0 unspecified atom stereocenters. The summed E-state index contributed by atoms with van der Waals surface area (Å²) in [5.74, 6) is 0.741. The van der Waals surface area contributed by atoms with E-state index < -0.39 is 16.6 Å². The van der Waals surface area contributed by atoms with Crippen LogP contribution in [0.2, 0.25) is 0 Å². The number of likely N-dealkylation sites (tertiary alicyclic amines) is 1. The molecule has 28 heavy (non-hydrogen) atoms. The minimum Gasteiger partial charge on any atom is -0.485 e. The van der Waals surface area contributed by atoms with E-state index in [0.29, 0.717) is 39.0 Å². The highest BCUT2D eigenvalue weighted by molar-refractivity contribution is 7.84. The predicted molar refractivity (Wildman–Crippen MR) is 109 cm³/mol. The van der Waals surface area contributed by atoms with E-state index in [2.05, 4.69) is 9.71 Å². The van der Waals surface area contributed by atoms with Crippen LogP contribution in [0, 0.1) is 6.92 Å². The van der Waals surface area contributed by atoms with Crippen molar-refractivity contribution < 1.29 is 18.5 Å². The minimum atomic E-state index is -1.22. The van der Waals surface area contributed by atoms with Gasteiger partial charge in [0.25, 0.3) is 0 Å². The predicted octanol–water partition coefficient (Wildman–Crippen LogP) is 3.26. The van der Waals surface area contributed by atoms with Gasteiger partial charge in [0.2, 0.25) is 0 Å². The molecule has 1 aromatic heterocycles. The molecule has 0 bridgehead atoms. The Labute approximate surface area is 169 Å². The van der Waals surface area contributed by atoms with Crippen molar-refractivity contribution in [3.05, 3.63) is 23.5 Å². The Balaban J connectivity index is 1.81. The van der Waals surface area contributed by atoms with Gasteiger partial charge in [-0.1, -0.05) is 0 Å². The Morgan fingerprint density at radius 2 is 2.07 bits per heavy atom. The molecule has 2 aliphatic rings. The Morgan fingerprint density at radius 1 is 1.39 bits per heavy atom. The van der Waals surface area contributed by atoms with Gasteiger partial charge in [-0.15, -0.1) is 0 Å². The smallest absolute Gasteiger partial charge is 0.409 e. The molecule has 1 N–H and O–H groups in total. The number of hydrogen-bond donors (Lipinski definition) is 1. The van der Waals surface area contributed by atoms with Gasteiger partial charge in [0.1, 0.15) is 17.0 Å². The summed E-state index contributed by atoms with van der Waals surface area (Å²) >= 11 is 0. The maximum atomic E-state index is 12.8. The number of hydrogen-bond acceptors (Lipinski definition) is 5. The van der Waals surface area contributed by atoms with Crippen molar-refractivity contribution in [3.8, 4) is 5.75 Å². The largest absolute Gasteiger partial charge is 0.485 e. The van der Waals surface area contributed by atoms with Crippen LogP contribution in [0.25, 0.3) is 0 Å². The van der Waals surface area contributed by atoms with E-state index in [4.69, 9.17) is 9.47 Å². The highest BCUT2D eigenvalue weighted by Gasteiger charge is 2.45. The molecule has 1 aromatic rings. The van der Waals surface area contributed by atoms with E-state index >= 15 is 0 Å². The summed E-state index contributed by atoms with van der Waals surface area (Å²) in [5, 5.41) is 0. The molecule has 1 amide bonds. The van der Waals surface area contributed by atoms with E-state index in [0.717, 1.165) is 17.1 Å². The molecule has 156 valence electrons. The second kappa shape index (κ2) is 7.99. The summed E-state index contributed by atoms with van der Waals surface area (Å²) in [5.41, 5.74) is 1.33. The van der Waals surface area contributed by atoms with Gasteiger partial charge in [0.05, 0.1) is 28.4 Å². The average Bonchev–Trinajstić information content (AvgIpc) is 2.62. The summed E-state index contributed by atoms with van der Waals surface area (Å²) in [6.07, 6.45) is 1.82. The van der Waals surface area contributed by atoms with Crippen molar-refractivity contribution in [2.24, 2.45) is 0 Å². The third-order valence-electron chi connectivity index (χ3n) is 5.26. The van der Waals surface area contributed by atoms with Crippen molar-refractivity contribution >= 4 is 17.1 Å². The molecule has 0 aromatic carbocycles. The lowest BCUT2D eigenvalue weighted by Gasteiger charge is -2.46. The molecule has 8 heteroatoms. The van der Waals surface area contributed by atoms with Crippen LogP contribution in [0.1, 0.15) is 64.4 Å². The first kappa shape index (κ1) is 21.0. The number of ether oxygens (including phenoxy) is 2. The first-order valence-corrected chi connectivity index (χ1v) is 11.0. The summed E-state index contributed by atoms with van der Waals surface area (Å²) in [7, 11) is -1.22. The van der Waals surface area contributed by atoms with Crippen molar-refractivity contribution in [2.45, 2.75) is 70.3 Å². The lowest BCUT2D eigenvalue weighted by atomic mass is 9.82. The van der Waals surface area contributed by atoms with Crippen molar-refractivity contribution in [1.29, 1.82) is 0 Å². The lowest BCUT2D eigenvalue weighted by molar-refractivity contribution is -0.0230. The number of aryl methyl sites for hydroxylation is 1. The van der Waals surface area contributed by atoms with Gasteiger partial charge in [-0.25, -0.2) is 13.7 Å². The number of nitrogens with one attached hydrogen (secondary N) is 1. The van der Waals surface area contributed by atoms with Gasteiger partial charge in [-0.2, -0.15) is 0 Å². The summed E-state index contributed by atoms with van der Waals surface area (Å²) in [4.78, 5) is 18.4. The highest BCUT2D eigenvalue weighted by Crippen LogP contribution is 2.44. The Kier molecular flexibility index (Phi) is 6.00. The van der Waals surface area contributed by atoms with Gasteiger partial charge in [-0.3, -0.25) is 4.98 Å². The Morgan fingerprint density at radius 3 is 2.68 bits per heavy atom. The van der Waals surface area contributed by atoms with Crippen LogP contribution >= 0.6 is 0 Å². The molecule has 3 rings (SSSR count). The zero-order valence-electron chi connectivity index (χ0n) is 17.4. The van der Waals surface area contributed by atoms with Gasteiger partial charge in [0, 0.05) is 38.0 Å². The number of carbonyl (C=O) groups excluding carboxylic acids is 1. The van der Waals surface area contributed by atoms with Gasteiger partial charge in [-0.05, 0) is 46.8 Å². The molecule has 1 fully saturated rings. The van der Waals surface area contributed by atoms with E-state index in [1.807, 2.05) is 46.8 Å². The fourth-order valence-corrected chi connectivity index (χ4v) is 4.47. The molecule has 0 radical (unpaired) electrons. The number of aromatic nitrogens is 1.